The Morgan fingerprint density at radius 3 is 2.33 bits per heavy atom. The second-order valence-electron chi connectivity index (χ2n) is 6.61. The molecule has 1 saturated heterocycles. The summed E-state index contributed by atoms with van der Waals surface area (Å²) in [6.45, 7) is 0.482. The van der Waals surface area contributed by atoms with Gasteiger partial charge >= 0.3 is 5.97 Å². The maximum absolute atomic E-state index is 12.8. The van der Waals surface area contributed by atoms with E-state index in [4.69, 9.17) is 4.52 Å². The molecule has 2 heterocycles. The molecule has 6 nitrogen and oxygen atoms in total. The maximum atomic E-state index is 12.8. The van der Waals surface area contributed by atoms with Gasteiger partial charge in [-0.1, -0.05) is 65.8 Å². The molecular formula is C21H18N2O4. The first-order chi connectivity index (χ1) is 13.1. The smallest absolute Gasteiger partial charge is 0.308 e. The number of carboxylic acids is 1. The third-order valence-corrected chi connectivity index (χ3v) is 4.94. The van der Waals surface area contributed by atoms with E-state index in [1.807, 2.05) is 60.7 Å². The highest BCUT2D eigenvalue weighted by atomic mass is 16.5. The van der Waals surface area contributed by atoms with Crippen LogP contribution in [0.4, 0.5) is 0 Å². The van der Waals surface area contributed by atoms with Gasteiger partial charge in [-0.15, -0.1) is 0 Å². The van der Waals surface area contributed by atoms with Crippen molar-refractivity contribution in [3.8, 4) is 11.3 Å². The number of aromatic nitrogens is 1. The number of likely N-dealkylation sites (tertiary alicyclic amines) is 1. The van der Waals surface area contributed by atoms with Gasteiger partial charge < -0.3 is 14.5 Å². The van der Waals surface area contributed by atoms with Crippen molar-refractivity contribution in [1.29, 1.82) is 0 Å². The Balaban J connectivity index is 1.56. The second kappa shape index (κ2) is 7.07. The van der Waals surface area contributed by atoms with E-state index in [0.717, 1.165) is 11.1 Å². The van der Waals surface area contributed by atoms with Crippen LogP contribution in [0.15, 0.2) is 71.3 Å². The molecule has 1 aliphatic rings. The fourth-order valence-electron chi connectivity index (χ4n) is 3.53. The molecule has 0 aliphatic carbocycles. The van der Waals surface area contributed by atoms with Crippen molar-refractivity contribution in [3.63, 3.8) is 0 Å². The Morgan fingerprint density at radius 2 is 1.67 bits per heavy atom. The van der Waals surface area contributed by atoms with Crippen LogP contribution < -0.4 is 0 Å². The molecule has 0 spiro atoms. The molecule has 6 heteroatoms. The van der Waals surface area contributed by atoms with Crippen LogP contribution in [0.3, 0.4) is 0 Å². The van der Waals surface area contributed by atoms with E-state index in [1.165, 1.54) is 4.90 Å². The van der Waals surface area contributed by atoms with E-state index in [9.17, 15) is 14.7 Å². The number of carbonyl (C=O) groups excluding carboxylic acids is 1. The number of amides is 1. The molecular weight excluding hydrogens is 344 g/mol. The summed E-state index contributed by atoms with van der Waals surface area (Å²) < 4.78 is 5.24. The van der Waals surface area contributed by atoms with Crippen LogP contribution in [0.2, 0.25) is 0 Å². The molecule has 27 heavy (non-hydrogen) atoms. The van der Waals surface area contributed by atoms with Gasteiger partial charge in [0.05, 0.1) is 5.92 Å². The van der Waals surface area contributed by atoms with Crippen LogP contribution in [0.25, 0.3) is 11.3 Å². The number of nitrogens with zero attached hydrogens (tertiary/aromatic N) is 2. The maximum Gasteiger partial charge on any atom is 0.308 e. The SMILES string of the molecule is O=C(O)[C@@H]1CN(C(=O)c2cc(-c3ccccc3)no2)C[C@H]1c1ccccc1. The second-order valence-corrected chi connectivity index (χ2v) is 6.61. The molecule has 0 saturated carbocycles. The van der Waals surface area contributed by atoms with Crippen molar-refractivity contribution >= 4 is 11.9 Å². The van der Waals surface area contributed by atoms with Crippen LogP contribution in [0.1, 0.15) is 22.0 Å². The highest BCUT2D eigenvalue weighted by Crippen LogP contribution is 2.34. The molecule has 3 aromatic rings. The van der Waals surface area contributed by atoms with Crippen LogP contribution in [-0.2, 0) is 4.79 Å². The first-order valence-corrected chi connectivity index (χ1v) is 8.72. The van der Waals surface area contributed by atoms with Crippen molar-refractivity contribution in [3.05, 3.63) is 78.1 Å². The molecule has 0 bridgehead atoms. The van der Waals surface area contributed by atoms with Gasteiger partial charge in [0.15, 0.2) is 0 Å². The lowest BCUT2D eigenvalue weighted by molar-refractivity contribution is -0.141. The lowest BCUT2D eigenvalue weighted by Crippen LogP contribution is -2.29. The quantitative estimate of drug-likeness (QED) is 0.770. The van der Waals surface area contributed by atoms with E-state index < -0.39 is 11.9 Å². The molecule has 2 atom stereocenters. The molecule has 1 N–H and O–H groups in total. The lowest BCUT2D eigenvalue weighted by Gasteiger charge is -2.15. The van der Waals surface area contributed by atoms with Crippen molar-refractivity contribution in [1.82, 2.24) is 10.1 Å². The fourth-order valence-corrected chi connectivity index (χ4v) is 3.53. The molecule has 4 rings (SSSR count). The van der Waals surface area contributed by atoms with Crippen molar-refractivity contribution in [2.45, 2.75) is 5.92 Å². The third-order valence-electron chi connectivity index (χ3n) is 4.94. The van der Waals surface area contributed by atoms with E-state index in [1.54, 1.807) is 6.07 Å². The van der Waals surface area contributed by atoms with Crippen LogP contribution in [-0.4, -0.2) is 40.1 Å². The molecule has 0 radical (unpaired) electrons. The van der Waals surface area contributed by atoms with Gasteiger partial charge in [0.1, 0.15) is 5.69 Å². The summed E-state index contributed by atoms with van der Waals surface area (Å²) in [5, 5.41) is 13.6. The molecule has 2 aromatic carbocycles. The first kappa shape index (κ1) is 17.0. The number of hydrogen-bond donors (Lipinski definition) is 1. The van der Waals surface area contributed by atoms with Crippen LogP contribution >= 0.6 is 0 Å². The summed E-state index contributed by atoms with van der Waals surface area (Å²) in [7, 11) is 0. The summed E-state index contributed by atoms with van der Waals surface area (Å²) in [6.07, 6.45) is 0. The van der Waals surface area contributed by atoms with E-state index in [-0.39, 0.29) is 24.1 Å². The number of hydrogen-bond acceptors (Lipinski definition) is 4. The van der Waals surface area contributed by atoms with Gasteiger partial charge in [-0.2, -0.15) is 0 Å². The minimum Gasteiger partial charge on any atom is -0.481 e. The van der Waals surface area contributed by atoms with Crippen molar-refractivity contribution in [2.24, 2.45) is 5.92 Å². The summed E-state index contributed by atoms with van der Waals surface area (Å²) in [6, 6.07) is 20.5. The monoisotopic (exact) mass is 362 g/mol. The number of benzene rings is 2. The number of carboxylic acid groups (broad SMARTS) is 1. The minimum absolute atomic E-state index is 0.117. The van der Waals surface area contributed by atoms with Crippen LogP contribution in [0.5, 0.6) is 0 Å². The Morgan fingerprint density at radius 1 is 1.00 bits per heavy atom. The predicted molar refractivity (Wildman–Crippen MR) is 98.2 cm³/mol. The van der Waals surface area contributed by atoms with Gasteiger partial charge in [-0.25, -0.2) is 0 Å². The zero-order chi connectivity index (χ0) is 18.8. The number of carbonyl (C=O) groups is 2. The zero-order valence-corrected chi connectivity index (χ0v) is 14.5. The molecule has 1 amide bonds. The fraction of sp³-hybridized carbons (Fsp3) is 0.190. The lowest BCUT2D eigenvalue weighted by atomic mass is 9.89. The molecule has 0 unspecified atom stereocenters. The van der Waals surface area contributed by atoms with Gasteiger partial charge in [-0.05, 0) is 5.56 Å². The number of rotatable bonds is 4. The largest absolute Gasteiger partial charge is 0.481 e. The Labute approximate surface area is 156 Å². The van der Waals surface area contributed by atoms with E-state index >= 15 is 0 Å². The van der Waals surface area contributed by atoms with Gasteiger partial charge in [0.25, 0.3) is 5.91 Å². The highest BCUT2D eigenvalue weighted by molar-refractivity contribution is 5.93. The first-order valence-electron chi connectivity index (χ1n) is 8.72. The highest BCUT2D eigenvalue weighted by Gasteiger charge is 2.41. The Bertz CT molecular complexity index is 953. The third kappa shape index (κ3) is 3.33. The summed E-state index contributed by atoms with van der Waals surface area (Å²) in [4.78, 5) is 26.1. The molecule has 1 aromatic heterocycles. The average molecular weight is 362 g/mol. The van der Waals surface area contributed by atoms with Crippen LogP contribution in [0, 0.1) is 5.92 Å². The van der Waals surface area contributed by atoms with E-state index in [2.05, 4.69) is 5.16 Å². The molecule has 1 aliphatic heterocycles. The van der Waals surface area contributed by atoms with Gasteiger partial charge in [0, 0.05) is 30.6 Å². The van der Waals surface area contributed by atoms with Crippen molar-refractivity contribution < 1.29 is 19.2 Å². The average Bonchev–Trinajstić information content (AvgIpc) is 3.37. The Kier molecular flexibility index (Phi) is 4.46. The zero-order valence-electron chi connectivity index (χ0n) is 14.5. The number of aliphatic carboxylic acids is 1. The minimum atomic E-state index is -0.901. The van der Waals surface area contributed by atoms with E-state index in [0.29, 0.717) is 12.2 Å². The topological polar surface area (TPSA) is 83.6 Å². The standard InChI is InChI=1S/C21H18N2O4/c24-20(19-11-18(22-27-19)15-9-5-2-6-10-15)23-12-16(17(13-23)21(25)26)14-7-3-1-4-8-14/h1-11,16-17H,12-13H2,(H,25,26)/t16-,17+/m0/s1. The Hall–Kier alpha value is -3.41. The molecule has 136 valence electrons. The summed E-state index contributed by atoms with van der Waals surface area (Å²) >= 11 is 0. The van der Waals surface area contributed by atoms with Crippen molar-refractivity contribution in [2.75, 3.05) is 13.1 Å². The summed E-state index contributed by atoms with van der Waals surface area (Å²) in [5.74, 6) is -2.01. The van der Waals surface area contributed by atoms with Gasteiger partial charge in [-0.3, -0.25) is 9.59 Å². The molecule has 1 fully saturated rings. The predicted octanol–water partition coefficient (Wildman–Crippen LogP) is 3.28. The van der Waals surface area contributed by atoms with Gasteiger partial charge in [0.2, 0.25) is 5.76 Å². The normalized spacial score (nSPS) is 19.2. The summed E-state index contributed by atoms with van der Waals surface area (Å²) in [5.41, 5.74) is 2.35.